The van der Waals surface area contributed by atoms with Gasteiger partial charge in [0.1, 0.15) is 0 Å². The Labute approximate surface area is 252 Å². The largest absolute Gasteiger partial charge is 0.302 e. The summed E-state index contributed by atoms with van der Waals surface area (Å²) in [7, 11) is 0. The zero-order valence-corrected chi connectivity index (χ0v) is 23.9. The van der Waals surface area contributed by atoms with Crippen molar-refractivity contribution in [3.63, 3.8) is 0 Å². The van der Waals surface area contributed by atoms with Gasteiger partial charge in [-0.05, 0) is 69.8 Å². The predicted molar refractivity (Wildman–Crippen MR) is 177 cm³/mol. The molecule has 0 fully saturated rings. The van der Waals surface area contributed by atoms with Crippen LogP contribution in [0.1, 0.15) is 33.4 Å². The number of anilines is 6. The molecule has 0 atom stereocenters. The van der Waals surface area contributed by atoms with E-state index >= 15 is 0 Å². The van der Waals surface area contributed by atoms with Gasteiger partial charge in [0.05, 0.1) is 0 Å². The first-order valence-corrected chi connectivity index (χ1v) is 15.2. The first kappa shape index (κ1) is 24.3. The highest BCUT2D eigenvalue weighted by molar-refractivity contribution is 5.86. The van der Waals surface area contributed by atoms with Crippen LogP contribution in [0.25, 0.3) is 0 Å². The van der Waals surface area contributed by atoms with Crippen LogP contribution in [0.4, 0.5) is 34.1 Å². The third-order valence-corrected chi connectivity index (χ3v) is 9.34. The Morgan fingerprint density at radius 3 is 0.674 bits per heavy atom. The molecule has 6 aromatic carbocycles. The molecule has 0 radical (unpaired) electrons. The zero-order chi connectivity index (χ0) is 28.3. The van der Waals surface area contributed by atoms with Gasteiger partial charge in [-0.2, -0.15) is 0 Å². The van der Waals surface area contributed by atoms with E-state index in [1.807, 2.05) is 0 Å². The van der Waals surface area contributed by atoms with Crippen molar-refractivity contribution in [3.05, 3.63) is 179 Å². The molecule has 0 unspecified atom stereocenters. The van der Waals surface area contributed by atoms with Gasteiger partial charge in [0.2, 0.25) is 0 Å². The zero-order valence-electron chi connectivity index (χ0n) is 23.9. The second kappa shape index (κ2) is 9.64. The highest BCUT2D eigenvalue weighted by Crippen LogP contribution is 2.51. The molecule has 3 aliphatic rings. The number of nitrogens with zero attached hydrogens (tertiary/aromatic N) is 3. The normalized spacial score (nSPS) is 14.3. The van der Waals surface area contributed by atoms with Gasteiger partial charge in [-0.25, -0.2) is 0 Å². The van der Waals surface area contributed by atoms with Crippen molar-refractivity contribution >= 4 is 34.1 Å². The van der Waals surface area contributed by atoms with E-state index in [0.717, 1.165) is 19.3 Å². The lowest BCUT2D eigenvalue weighted by Crippen LogP contribution is -2.57. The summed E-state index contributed by atoms with van der Waals surface area (Å²) in [5.74, 6) is 0. The number of para-hydroxylation sites is 6. The molecule has 0 aromatic heterocycles. The minimum Gasteiger partial charge on any atom is -0.302 e. The summed E-state index contributed by atoms with van der Waals surface area (Å²) < 4.78 is 0. The number of rotatable bonds is 3. The number of hydrogen-bond donors (Lipinski definition) is 0. The quantitative estimate of drug-likeness (QED) is 0.216. The Morgan fingerprint density at radius 2 is 0.465 bits per heavy atom. The van der Waals surface area contributed by atoms with Crippen LogP contribution in [-0.4, -0.2) is 6.29 Å². The van der Waals surface area contributed by atoms with Gasteiger partial charge in [-0.3, -0.25) is 0 Å². The summed E-state index contributed by atoms with van der Waals surface area (Å²) in [6.45, 7) is 0. The molecule has 3 aliphatic heterocycles. The molecule has 0 aliphatic carbocycles. The van der Waals surface area contributed by atoms with E-state index < -0.39 is 0 Å². The second-order valence-electron chi connectivity index (χ2n) is 11.8. The molecular weight excluding hydrogens is 522 g/mol. The van der Waals surface area contributed by atoms with Crippen LogP contribution in [0.15, 0.2) is 146 Å². The van der Waals surface area contributed by atoms with E-state index in [-0.39, 0.29) is 6.29 Å². The van der Waals surface area contributed by atoms with Crippen LogP contribution in [-0.2, 0) is 19.3 Å². The maximum atomic E-state index is 2.60. The summed E-state index contributed by atoms with van der Waals surface area (Å²) in [5, 5.41) is 0. The molecular formula is C40H31N3. The fourth-order valence-electron chi connectivity index (χ4n) is 7.47. The Morgan fingerprint density at radius 1 is 0.279 bits per heavy atom. The minimum atomic E-state index is -0.215. The number of fused-ring (bicyclic) bond motifs is 6. The van der Waals surface area contributed by atoms with Crippen LogP contribution >= 0.6 is 0 Å². The summed E-state index contributed by atoms with van der Waals surface area (Å²) >= 11 is 0. The van der Waals surface area contributed by atoms with Crippen LogP contribution in [0.2, 0.25) is 0 Å². The van der Waals surface area contributed by atoms with Crippen LogP contribution in [0.3, 0.4) is 0 Å². The molecule has 206 valence electrons. The second-order valence-corrected chi connectivity index (χ2v) is 11.8. The SMILES string of the molecule is c1ccc2c(c1)Cc1ccccc1N2C(N1c2ccccc2Cc2ccccc21)N1c2ccccc2Cc2ccccc21. The fourth-order valence-corrected chi connectivity index (χ4v) is 7.47. The molecule has 3 nitrogen and oxygen atoms in total. The van der Waals surface area contributed by atoms with Gasteiger partial charge in [-0.1, -0.05) is 109 Å². The van der Waals surface area contributed by atoms with Gasteiger partial charge < -0.3 is 14.7 Å². The third kappa shape index (κ3) is 3.74. The van der Waals surface area contributed by atoms with Gasteiger partial charge in [-0.15, -0.1) is 0 Å². The standard InChI is InChI=1S/C40H31N3/c1-7-19-34-28(13-1)25-29-14-2-8-20-35(29)41(34)40(42-36-21-9-3-15-30(36)26-31-16-4-10-22-37(31)42)43-38-23-11-5-17-32(38)27-33-18-6-12-24-39(33)43/h1-24,40H,25-27H2. The number of benzene rings is 6. The molecule has 0 saturated carbocycles. The molecule has 43 heavy (non-hydrogen) atoms. The van der Waals surface area contributed by atoms with E-state index in [9.17, 15) is 0 Å². The molecule has 3 heteroatoms. The van der Waals surface area contributed by atoms with E-state index in [1.165, 1.54) is 67.5 Å². The topological polar surface area (TPSA) is 9.72 Å². The first-order valence-electron chi connectivity index (χ1n) is 15.2. The van der Waals surface area contributed by atoms with Crippen molar-refractivity contribution in [3.8, 4) is 0 Å². The maximum Gasteiger partial charge on any atom is 0.194 e. The summed E-state index contributed by atoms with van der Waals surface area (Å²) in [6.07, 6.45) is 2.56. The highest BCUT2D eigenvalue weighted by Gasteiger charge is 2.42. The van der Waals surface area contributed by atoms with Gasteiger partial charge in [0.25, 0.3) is 0 Å². The molecule has 9 rings (SSSR count). The molecule has 0 saturated heterocycles. The van der Waals surface area contributed by atoms with Gasteiger partial charge >= 0.3 is 0 Å². The van der Waals surface area contributed by atoms with Gasteiger partial charge in [0, 0.05) is 53.4 Å². The highest BCUT2D eigenvalue weighted by atomic mass is 15.5. The molecule has 0 bridgehead atoms. The molecule has 0 spiro atoms. The van der Waals surface area contributed by atoms with Crippen molar-refractivity contribution in [2.75, 3.05) is 14.7 Å². The molecule has 0 N–H and O–H groups in total. The Balaban J connectivity index is 1.40. The van der Waals surface area contributed by atoms with E-state index in [1.54, 1.807) is 0 Å². The lowest BCUT2D eigenvalue weighted by Gasteiger charge is -2.53. The average Bonchev–Trinajstić information content (AvgIpc) is 3.07. The van der Waals surface area contributed by atoms with Crippen molar-refractivity contribution in [2.45, 2.75) is 25.6 Å². The molecule has 0 amide bonds. The Kier molecular flexibility index (Phi) is 5.45. The minimum absolute atomic E-state index is 0.215. The summed E-state index contributed by atoms with van der Waals surface area (Å²) in [6, 6.07) is 53.8. The van der Waals surface area contributed by atoms with Gasteiger partial charge in [0.15, 0.2) is 6.29 Å². The van der Waals surface area contributed by atoms with E-state index in [2.05, 4.69) is 160 Å². The molecule has 3 heterocycles. The van der Waals surface area contributed by atoms with Crippen molar-refractivity contribution in [1.82, 2.24) is 0 Å². The van der Waals surface area contributed by atoms with E-state index in [4.69, 9.17) is 0 Å². The average molecular weight is 554 g/mol. The van der Waals surface area contributed by atoms with E-state index in [0.29, 0.717) is 0 Å². The van der Waals surface area contributed by atoms with Crippen LogP contribution in [0.5, 0.6) is 0 Å². The number of hydrogen-bond acceptors (Lipinski definition) is 3. The smallest absolute Gasteiger partial charge is 0.194 e. The summed E-state index contributed by atoms with van der Waals surface area (Å²) in [5.41, 5.74) is 15.6. The summed E-state index contributed by atoms with van der Waals surface area (Å²) in [4.78, 5) is 7.81. The lowest BCUT2D eigenvalue weighted by molar-refractivity contribution is 0.643. The predicted octanol–water partition coefficient (Wildman–Crippen LogP) is 9.50. The molecule has 6 aromatic rings. The lowest BCUT2D eigenvalue weighted by atomic mass is 9.92. The third-order valence-electron chi connectivity index (χ3n) is 9.34. The van der Waals surface area contributed by atoms with Crippen molar-refractivity contribution < 1.29 is 0 Å². The first-order chi connectivity index (χ1) is 21.3. The fraction of sp³-hybridized carbons (Fsp3) is 0.100. The van der Waals surface area contributed by atoms with Crippen molar-refractivity contribution in [1.29, 1.82) is 0 Å². The van der Waals surface area contributed by atoms with Crippen LogP contribution < -0.4 is 14.7 Å². The van der Waals surface area contributed by atoms with Crippen LogP contribution in [0, 0.1) is 0 Å². The van der Waals surface area contributed by atoms with Crippen molar-refractivity contribution in [2.24, 2.45) is 0 Å². The Bertz CT molecular complexity index is 1640. The monoisotopic (exact) mass is 553 g/mol. The maximum absolute atomic E-state index is 2.60. The Hall–Kier alpha value is -5.28.